The molecule has 2 rings (SSSR count). The summed E-state index contributed by atoms with van der Waals surface area (Å²) < 4.78 is 0.862. The summed E-state index contributed by atoms with van der Waals surface area (Å²) in [7, 11) is 0. The highest BCUT2D eigenvalue weighted by molar-refractivity contribution is 9.10. The maximum absolute atomic E-state index is 11.3. The van der Waals surface area contributed by atoms with E-state index >= 15 is 0 Å². The largest absolute Gasteiger partial charge is 0.291 e. The van der Waals surface area contributed by atoms with Gasteiger partial charge in [0.15, 0.2) is 0 Å². The third-order valence-corrected chi connectivity index (χ3v) is 4.74. The van der Waals surface area contributed by atoms with Gasteiger partial charge in [-0.05, 0) is 30.0 Å². The van der Waals surface area contributed by atoms with Crippen molar-refractivity contribution >= 4 is 44.1 Å². The van der Waals surface area contributed by atoms with Gasteiger partial charge >= 0.3 is 0 Å². The topological polar surface area (TPSA) is 56.0 Å². The fraction of sp³-hybridized carbons (Fsp3) is 0.400. The normalized spacial score (nSPS) is 13.4. The number of nitro groups is 1. The minimum Gasteiger partial charge on any atom is -0.258 e. The van der Waals surface area contributed by atoms with Crippen LogP contribution in [0.15, 0.2) is 28.9 Å². The summed E-state index contributed by atoms with van der Waals surface area (Å²) in [6.07, 6.45) is 1.74. The molecular formula is C15H16BrClN2O2. The Morgan fingerprint density at radius 3 is 2.67 bits per heavy atom. The number of hydrogen-bond acceptors (Lipinski definition) is 3. The highest BCUT2D eigenvalue weighted by Crippen LogP contribution is 2.34. The second-order valence-electron chi connectivity index (χ2n) is 6.08. The van der Waals surface area contributed by atoms with Gasteiger partial charge in [-0.3, -0.25) is 10.1 Å². The molecule has 0 spiro atoms. The molecule has 0 saturated heterocycles. The Bertz CT molecular complexity index is 698. The zero-order chi connectivity index (χ0) is 15.8. The zero-order valence-corrected chi connectivity index (χ0v) is 14.4. The first-order chi connectivity index (χ1) is 9.70. The van der Waals surface area contributed by atoms with Crippen LogP contribution in [0.4, 0.5) is 5.69 Å². The van der Waals surface area contributed by atoms with Gasteiger partial charge in [0.05, 0.1) is 10.4 Å². The summed E-state index contributed by atoms with van der Waals surface area (Å²) in [4.78, 5) is 15.1. The summed E-state index contributed by atoms with van der Waals surface area (Å²) in [6, 6.07) is 5.57. The van der Waals surface area contributed by atoms with Crippen molar-refractivity contribution in [3.8, 4) is 0 Å². The van der Waals surface area contributed by atoms with E-state index in [4.69, 9.17) is 11.6 Å². The second-order valence-corrected chi connectivity index (χ2v) is 7.52. The Balaban J connectivity index is 2.64. The van der Waals surface area contributed by atoms with Crippen molar-refractivity contribution in [1.29, 1.82) is 0 Å². The molecule has 0 aliphatic carbocycles. The first-order valence-corrected chi connectivity index (χ1v) is 7.78. The summed E-state index contributed by atoms with van der Waals surface area (Å²) in [6.45, 7) is 6.07. The smallest absolute Gasteiger partial charge is 0.258 e. The number of pyridine rings is 1. The number of rotatable bonds is 3. The van der Waals surface area contributed by atoms with E-state index in [0.29, 0.717) is 12.0 Å². The van der Waals surface area contributed by atoms with Crippen molar-refractivity contribution in [3.05, 3.63) is 44.5 Å². The minimum atomic E-state index is -0.394. The standard InChI is InChI=1S/C15H16BrClN2O2/c1-15(2,3)14(17)7-11-10-6-9(16)4-5-12(10)18-8-13(11)19(20)21/h4-6,8,14H,7H2,1-3H3. The molecule has 21 heavy (non-hydrogen) atoms. The van der Waals surface area contributed by atoms with Gasteiger partial charge in [0, 0.05) is 20.8 Å². The first kappa shape index (κ1) is 16.2. The van der Waals surface area contributed by atoms with Crippen molar-refractivity contribution in [1.82, 2.24) is 4.98 Å². The van der Waals surface area contributed by atoms with Gasteiger partial charge in [-0.25, -0.2) is 4.98 Å². The van der Waals surface area contributed by atoms with Crippen LogP contribution in [0, 0.1) is 15.5 Å². The molecule has 112 valence electrons. The number of hydrogen-bond donors (Lipinski definition) is 0. The van der Waals surface area contributed by atoms with E-state index in [1.165, 1.54) is 6.20 Å². The number of aromatic nitrogens is 1. The Labute approximate surface area is 136 Å². The lowest BCUT2D eigenvalue weighted by Gasteiger charge is -2.25. The molecule has 0 fully saturated rings. The first-order valence-electron chi connectivity index (χ1n) is 6.55. The maximum atomic E-state index is 11.3. The zero-order valence-electron chi connectivity index (χ0n) is 12.1. The molecule has 0 bridgehead atoms. The lowest BCUT2D eigenvalue weighted by Crippen LogP contribution is -2.23. The van der Waals surface area contributed by atoms with E-state index in [0.717, 1.165) is 15.4 Å². The minimum absolute atomic E-state index is 0.0236. The monoisotopic (exact) mass is 370 g/mol. The van der Waals surface area contributed by atoms with Crippen LogP contribution in [0.1, 0.15) is 26.3 Å². The van der Waals surface area contributed by atoms with Crippen LogP contribution in [-0.2, 0) is 6.42 Å². The van der Waals surface area contributed by atoms with Crippen LogP contribution >= 0.6 is 27.5 Å². The van der Waals surface area contributed by atoms with Gasteiger partial charge in [-0.1, -0.05) is 36.7 Å². The fourth-order valence-electron chi connectivity index (χ4n) is 2.07. The molecule has 0 aliphatic heterocycles. The van der Waals surface area contributed by atoms with E-state index in [9.17, 15) is 10.1 Å². The van der Waals surface area contributed by atoms with Gasteiger partial charge in [-0.2, -0.15) is 0 Å². The third-order valence-electron chi connectivity index (χ3n) is 3.44. The molecule has 0 saturated carbocycles. The van der Waals surface area contributed by atoms with E-state index in [2.05, 4.69) is 20.9 Å². The van der Waals surface area contributed by atoms with Gasteiger partial charge < -0.3 is 0 Å². The molecule has 1 aromatic carbocycles. The molecular weight excluding hydrogens is 356 g/mol. The Kier molecular flexibility index (Phi) is 4.54. The van der Waals surface area contributed by atoms with E-state index in [1.807, 2.05) is 39.0 Å². The van der Waals surface area contributed by atoms with Crippen molar-refractivity contribution in [2.24, 2.45) is 5.41 Å². The van der Waals surface area contributed by atoms with Crippen molar-refractivity contribution in [2.75, 3.05) is 0 Å². The van der Waals surface area contributed by atoms with Gasteiger partial charge in [0.2, 0.25) is 0 Å². The van der Waals surface area contributed by atoms with Crippen LogP contribution in [-0.4, -0.2) is 15.3 Å². The van der Waals surface area contributed by atoms with Gasteiger partial charge in [0.25, 0.3) is 5.69 Å². The molecule has 1 aromatic heterocycles. The quantitative estimate of drug-likeness (QED) is 0.428. The average Bonchev–Trinajstić information content (AvgIpc) is 2.37. The molecule has 0 aliphatic rings. The van der Waals surface area contributed by atoms with Crippen molar-refractivity contribution < 1.29 is 4.92 Å². The van der Waals surface area contributed by atoms with Gasteiger partial charge in [0.1, 0.15) is 6.20 Å². The van der Waals surface area contributed by atoms with Gasteiger partial charge in [-0.15, -0.1) is 11.6 Å². The number of fused-ring (bicyclic) bond motifs is 1. The fourth-order valence-corrected chi connectivity index (χ4v) is 2.58. The Hall–Kier alpha value is -1.20. The van der Waals surface area contributed by atoms with E-state index in [1.54, 1.807) is 0 Å². The predicted molar refractivity (Wildman–Crippen MR) is 88.9 cm³/mol. The summed E-state index contributed by atoms with van der Waals surface area (Å²) in [5.41, 5.74) is 1.25. The number of alkyl halides is 1. The SMILES string of the molecule is CC(C)(C)C(Cl)Cc1c([N+](=O)[O-])cnc2ccc(Br)cc12. The van der Waals surface area contributed by atoms with Crippen molar-refractivity contribution in [3.63, 3.8) is 0 Å². The summed E-state index contributed by atoms with van der Waals surface area (Å²) >= 11 is 9.86. The molecule has 1 atom stereocenters. The van der Waals surface area contributed by atoms with E-state index < -0.39 is 4.92 Å². The third kappa shape index (κ3) is 3.52. The molecule has 1 unspecified atom stereocenters. The molecule has 4 nitrogen and oxygen atoms in total. The highest BCUT2D eigenvalue weighted by atomic mass is 79.9. The molecule has 0 radical (unpaired) electrons. The number of nitrogens with zero attached hydrogens (tertiary/aromatic N) is 2. The Morgan fingerprint density at radius 1 is 1.43 bits per heavy atom. The average molecular weight is 372 g/mol. The molecule has 2 aromatic rings. The van der Waals surface area contributed by atoms with Crippen LogP contribution in [0.25, 0.3) is 10.9 Å². The van der Waals surface area contributed by atoms with Crippen molar-refractivity contribution in [2.45, 2.75) is 32.6 Å². The summed E-state index contributed by atoms with van der Waals surface area (Å²) in [5, 5.41) is 11.9. The molecule has 0 N–H and O–H groups in total. The molecule has 6 heteroatoms. The molecule has 1 heterocycles. The maximum Gasteiger partial charge on any atom is 0.291 e. The van der Waals surface area contributed by atoms with Crippen LogP contribution in [0.2, 0.25) is 0 Å². The second kappa shape index (κ2) is 5.89. The van der Waals surface area contributed by atoms with Crippen LogP contribution < -0.4 is 0 Å². The van der Waals surface area contributed by atoms with Crippen LogP contribution in [0.3, 0.4) is 0 Å². The predicted octanol–water partition coefficient (Wildman–Crippen LogP) is 5.10. The number of benzene rings is 1. The van der Waals surface area contributed by atoms with E-state index in [-0.39, 0.29) is 16.5 Å². The highest BCUT2D eigenvalue weighted by Gasteiger charge is 2.27. The number of halogens is 2. The Morgan fingerprint density at radius 2 is 2.10 bits per heavy atom. The summed E-state index contributed by atoms with van der Waals surface area (Å²) in [5.74, 6) is 0. The lowest BCUT2D eigenvalue weighted by molar-refractivity contribution is -0.385. The lowest BCUT2D eigenvalue weighted by atomic mass is 9.87. The molecule has 0 amide bonds. The van der Waals surface area contributed by atoms with Crippen LogP contribution in [0.5, 0.6) is 0 Å².